The van der Waals surface area contributed by atoms with Gasteiger partial charge in [0.1, 0.15) is 12.1 Å². The third-order valence-corrected chi connectivity index (χ3v) is 5.35. The molecule has 0 fully saturated rings. The minimum Gasteiger partial charge on any atom is -0.485 e. The van der Waals surface area contributed by atoms with E-state index in [1.54, 1.807) is 25.8 Å². The molecule has 8 heteroatoms. The monoisotopic (exact) mass is 455 g/mol. The van der Waals surface area contributed by atoms with E-state index in [-0.39, 0.29) is 6.10 Å². The number of methoxy groups -OCH3 is 1. The molecular weight excluding hydrogens is 430 g/mol. The highest BCUT2D eigenvalue weighted by Crippen LogP contribution is 2.37. The average Bonchev–Trinajstić information content (AvgIpc) is 3.24. The Morgan fingerprint density at radius 1 is 1.12 bits per heavy atom. The lowest BCUT2D eigenvalue weighted by Gasteiger charge is -2.27. The van der Waals surface area contributed by atoms with Crippen LogP contribution in [0.4, 0.5) is 0 Å². The number of fused-ring (bicyclic) bond motifs is 2. The Bertz CT molecular complexity index is 1390. The van der Waals surface area contributed by atoms with Gasteiger partial charge in [-0.1, -0.05) is 17.9 Å². The maximum Gasteiger partial charge on any atom is 0.212 e. The Kier molecular flexibility index (Phi) is 5.56. The van der Waals surface area contributed by atoms with Crippen LogP contribution in [0.1, 0.15) is 36.6 Å². The van der Waals surface area contributed by atoms with Crippen LogP contribution in [-0.2, 0) is 6.54 Å². The van der Waals surface area contributed by atoms with Gasteiger partial charge in [0, 0.05) is 29.6 Å². The molecule has 3 aromatic heterocycles. The summed E-state index contributed by atoms with van der Waals surface area (Å²) < 4.78 is 19.3. The smallest absolute Gasteiger partial charge is 0.212 e. The minimum atomic E-state index is -0.557. The van der Waals surface area contributed by atoms with E-state index < -0.39 is 5.54 Å². The molecule has 1 aliphatic heterocycles. The first-order valence-corrected chi connectivity index (χ1v) is 10.9. The number of nitrogens with zero attached hydrogens (tertiary/aromatic N) is 4. The van der Waals surface area contributed by atoms with Crippen molar-refractivity contribution in [3.63, 3.8) is 0 Å². The summed E-state index contributed by atoms with van der Waals surface area (Å²) in [6.07, 6.45) is 5.06. The standard InChI is InChI=1S/C26H25N5O3/c1-26(2,27)9-8-17-10-20-25(29-12-17)31(16-30-20)14-18-4-6-21-22(11-18)33-15-23(34-21)19-5-7-24(32-3)28-13-19/h4-7,10-13,16,23H,14-15,27H2,1-3H3/t23-/m1/s1. The molecule has 0 unspecified atom stereocenters. The van der Waals surface area contributed by atoms with Gasteiger partial charge in [0.25, 0.3) is 0 Å². The van der Waals surface area contributed by atoms with E-state index in [9.17, 15) is 0 Å². The Morgan fingerprint density at radius 3 is 2.76 bits per heavy atom. The molecule has 172 valence electrons. The first-order chi connectivity index (χ1) is 16.4. The molecule has 0 aliphatic carbocycles. The maximum absolute atomic E-state index is 6.15. The molecule has 0 spiro atoms. The van der Waals surface area contributed by atoms with Gasteiger partial charge in [0.15, 0.2) is 23.3 Å². The highest BCUT2D eigenvalue weighted by molar-refractivity contribution is 5.72. The van der Waals surface area contributed by atoms with Crippen LogP contribution in [0.3, 0.4) is 0 Å². The van der Waals surface area contributed by atoms with Crippen molar-refractivity contribution in [1.29, 1.82) is 0 Å². The lowest BCUT2D eigenvalue weighted by Crippen LogP contribution is -2.29. The van der Waals surface area contributed by atoms with Crippen molar-refractivity contribution in [1.82, 2.24) is 19.5 Å². The summed E-state index contributed by atoms with van der Waals surface area (Å²) in [7, 11) is 1.59. The van der Waals surface area contributed by atoms with Crippen LogP contribution >= 0.6 is 0 Å². The fraction of sp³-hybridized carbons (Fsp3) is 0.269. The van der Waals surface area contributed by atoms with Gasteiger partial charge in [-0.15, -0.1) is 0 Å². The Hall–Kier alpha value is -4.09. The van der Waals surface area contributed by atoms with E-state index in [1.807, 2.05) is 54.8 Å². The van der Waals surface area contributed by atoms with Crippen LogP contribution in [0.2, 0.25) is 0 Å². The van der Waals surface area contributed by atoms with E-state index in [1.165, 1.54) is 0 Å². The van der Waals surface area contributed by atoms with Crippen LogP contribution in [0.5, 0.6) is 17.4 Å². The number of nitrogens with two attached hydrogens (primary N) is 1. The molecule has 0 amide bonds. The SMILES string of the molecule is COc1ccc([C@H]2COc3cc(Cn4cnc5cc(C#CC(C)(C)N)cnc54)ccc3O2)cn1. The van der Waals surface area contributed by atoms with E-state index >= 15 is 0 Å². The molecule has 1 atom stereocenters. The maximum atomic E-state index is 6.15. The number of ether oxygens (including phenoxy) is 3. The summed E-state index contributed by atoms with van der Waals surface area (Å²) in [4.78, 5) is 13.3. The molecule has 1 aliphatic rings. The van der Waals surface area contributed by atoms with E-state index in [0.717, 1.165) is 33.6 Å². The van der Waals surface area contributed by atoms with Crippen LogP contribution in [0, 0.1) is 11.8 Å². The van der Waals surface area contributed by atoms with Crippen molar-refractivity contribution >= 4 is 11.2 Å². The summed E-state index contributed by atoms with van der Waals surface area (Å²) in [5.74, 6) is 8.07. The lowest BCUT2D eigenvalue weighted by atomic mass is 10.1. The van der Waals surface area contributed by atoms with Crippen LogP contribution < -0.4 is 19.9 Å². The van der Waals surface area contributed by atoms with Gasteiger partial charge >= 0.3 is 0 Å². The molecule has 0 saturated heterocycles. The third-order valence-electron chi connectivity index (χ3n) is 5.35. The lowest BCUT2D eigenvalue weighted by molar-refractivity contribution is 0.0908. The number of pyridine rings is 2. The van der Waals surface area contributed by atoms with Crippen LogP contribution in [-0.4, -0.2) is 38.8 Å². The van der Waals surface area contributed by atoms with Crippen molar-refractivity contribution in [2.24, 2.45) is 5.73 Å². The molecule has 0 saturated carbocycles. The molecule has 0 bridgehead atoms. The van der Waals surface area contributed by atoms with Crippen LogP contribution in [0.25, 0.3) is 11.2 Å². The average molecular weight is 456 g/mol. The van der Waals surface area contributed by atoms with E-state index in [4.69, 9.17) is 19.9 Å². The number of hydrogen-bond donors (Lipinski definition) is 1. The number of rotatable bonds is 4. The van der Waals surface area contributed by atoms with Crippen LogP contribution in [0.15, 0.2) is 55.1 Å². The molecule has 4 heterocycles. The summed E-state index contributed by atoms with van der Waals surface area (Å²) in [5, 5.41) is 0. The van der Waals surface area contributed by atoms with Gasteiger partial charge in [-0.3, -0.25) is 0 Å². The van der Waals surface area contributed by atoms with Gasteiger partial charge in [-0.25, -0.2) is 15.0 Å². The van der Waals surface area contributed by atoms with Crippen molar-refractivity contribution in [3.8, 4) is 29.2 Å². The topological polar surface area (TPSA) is 97.3 Å². The fourth-order valence-corrected chi connectivity index (χ4v) is 3.64. The second-order valence-corrected chi connectivity index (χ2v) is 8.74. The highest BCUT2D eigenvalue weighted by atomic mass is 16.6. The van der Waals surface area contributed by atoms with Crippen molar-refractivity contribution in [2.75, 3.05) is 13.7 Å². The highest BCUT2D eigenvalue weighted by Gasteiger charge is 2.23. The number of hydrogen-bond acceptors (Lipinski definition) is 7. The summed E-state index contributed by atoms with van der Waals surface area (Å²) in [6, 6.07) is 11.6. The molecular formula is C26H25N5O3. The molecule has 0 radical (unpaired) electrons. The van der Waals surface area contributed by atoms with Gasteiger partial charge < -0.3 is 24.5 Å². The predicted molar refractivity (Wildman–Crippen MR) is 128 cm³/mol. The van der Waals surface area contributed by atoms with Crippen molar-refractivity contribution < 1.29 is 14.2 Å². The number of benzene rings is 1. The number of imidazole rings is 1. The second kappa shape index (κ2) is 8.69. The molecule has 2 N–H and O–H groups in total. The van der Waals surface area contributed by atoms with Gasteiger partial charge in [-0.05, 0) is 43.7 Å². The summed E-state index contributed by atoms with van der Waals surface area (Å²) in [6.45, 7) is 4.74. The van der Waals surface area contributed by atoms with Gasteiger partial charge in [-0.2, -0.15) is 0 Å². The zero-order valence-electron chi connectivity index (χ0n) is 19.3. The third kappa shape index (κ3) is 4.65. The fourth-order valence-electron chi connectivity index (χ4n) is 3.64. The zero-order valence-corrected chi connectivity index (χ0v) is 19.3. The van der Waals surface area contributed by atoms with Gasteiger partial charge in [0.2, 0.25) is 5.88 Å². The second-order valence-electron chi connectivity index (χ2n) is 8.74. The Labute approximate surface area is 197 Å². The molecule has 8 nitrogen and oxygen atoms in total. The quantitative estimate of drug-likeness (QED) is 0.471. The normalized spacial score (nSPS) is 15.0. The summed E-state index contributed by atoms with van der Waals surface area (Å²) in [5.41, 5.74) is 9.74. The first-order valence-electron chi connectivity index (χ1n) is 10.9. The van der Waals surface area contributed by atoms with E-state index in [0.29, 0.717) is 24.8 Å². The molecule has 5 rings (SSSR count). The Morgan fingerprint density at radius 2 is 2.00 bits per heavy atom. The van der Waals surface area contributed by atoms with E-state index in [2.05, 4.69) is 26.8 Å². The molecule has 1 aromatic carbocycles. The predicted octanol–water partition coefficient (Wildman–Crippen LogP) is 3.48. The van der Waals surface area contributed by atoms with Crippen molar-refractivity contribution in [2.45, 2.75) is 32.0 Å². The van der Waals surface area contributed by atoms with Gasteiger partial charge in [0.05, 0.1) is 25.5 Å². The zero-order chi connectivity index (χ0) is 23.7. The molecule has 4 aromatic rings. The Balaban J connectivity index is 1.32. The molecule has 34 heavy (non-hydrogen) atoms. The van der Waals surface area contributed by atoms with Crippen molar-refractivity contribution in [3.05, 3.63) is 71.8 Å². The largest absolute Gasteiger partial charge is 0.485 e. The minimum absolute atomic E-state index is 0.222. The first kappa shape index (κ1) is 21.7. The summed E-state index contributed by atoms with van der Waals surface area (Å²) >= 11 is 0. The number of aromatic nitrogens is 4.